The van der Waals surface area contributed by atoms with Crippen LogP contribution in [-0.2, 0) is 20.9 Å². The number of pyridine rings is 1. The molecule has 1 aliphatic carbocycles. The zero-order valence-electron chi connectivity index (χ0n) is 11.0. The maximum atomic E-state index is 11.8. The minimum absolute atomic E-state index is 0.185. The largest absolute Gasteiger partial charge is 0.481 e. The van der Waals surface area contributed by atoms with E-state index in [1.165, 1.54) is 30.0 Å². The molecular formula is C13H16N2O5. The van der Waals surface area contributed by atoms with Gasteiger partial charge in [0.1, 0.15) is 0 Å². The molecular weight excluding hydrogens is 264 g/mol. The topological polar surface area (TPSA) is 97.6 Å². The second kappa shape index (κ2) is 5.87. The number of nitrogens with zero attached hydrogens (tertiary/aromatic N) is 1. The summed E-state index contributed by atoms with van der Waals surface area (Å²) in [7, 11) is 1.54. The third kappa shape index (κ3) is 3.24. The van der Waals surface area contributed by atoms with Crippen LogP contribution in [0.15, 0.2) is 23.1 Å². The number of amides is 1. The van der Waals surface area contributed by atoms with E-state index < -0.39 is 17.8 Å². The first-order valence-corrected chi connectivity index (χ1v) is 6.26. The third-order valence-corrected chi connectivity index (χ3v) is 3.23. The first-order valence-electron chi connectivity index (χ1n) is 6.26. The van der Waals surface area contributed by atoms with Gasteiger partial charge >= 0.3 is 5.97 Å². The minimum Gasteiger partial charge on any atom is -0.481 e. The number of carboxylic acids is 1. The molecule has 7 heteroatoms. The summed E-state index contributed by atoms with van der Waals surface area (Å²) in [5.74, 6) is -2.34. The molecule has 1 fully saturated rings. The van der Waals surface area contributed by atoms with Crippen molar-refractivity contribution in [3.8, 4) is 0 Å². The number of ether oxygens (including phenoxy) is 1. The Balaban J connectivity index is 2.01. The van der Waals surface area contributed by atoms with Gasteiger partial charge in [0.25, 0.3) is 5.56 Å². The van der Waals surface area contributed by atoms with Crippen molar-refractivity contribution in [2.24, 2.45) is 11.8 Å². The molecule has 1 amide bonds. The molecule has 2 atom stereocenters. The van der Waals surface area contributed by atoms with Gasteiger partial charge in [-0.2, -0.15) is 0 Å². The van der Waals surface area contributed by atoms with Crippen molar-refractivity contribution in [2.45, 2.75) is 13.0 Å². The number of hydrogen-bond donors (Lipinski definition) is 2. The van der Waals surface area contributed by atoms with Crippen molar-refractivity contribution in [3.63, 3.8) is 0 Å². The predicted molar refractivity (Wildman–Crippen MR) is 70.4 cm³/mol. The van der Waals surface area contributed by atoms with Gasteiger partial charge in [0.2, 0.25) is 5.91 Å². The number of carboxylic acid groups (broad SMARTS) is 1. The SMILES string of the molecule is COCCn1cc(NC(=O)[C@@H]2C[C@@H]2C(=O)O)ccc1=O. The van der Waals surface area contributed by atoms with Crippen LogP contribution in [0.3, 0.4) is 0 Å². The Labute approximate surface area is 115 Å². The normalized spacial score (nSPS) is 20.4. The van der Waals surface area contributed by atoms with E-state index in [-0.39, 0.29) is 11.5 Å². The summed E-state index contributed by atoms with van der Waals surface area (Å²) >= 11 is 0. The molecule has 1 heterocycles. The van der Waals surface area contributed by atoms with Gasteiger partial charge in [-0.15, -0.1) is 0 Å². The maximum absolute atomic E-state index is 11.8. The third-order valence-electron chi connectivity index (χ3n) is 3.23. The average molecular weight is 280 g/mol. The first kappa shape index (κ1) is 14.3. The van der Waals surface area contributed by atoms with Gasteiger partial charge in [-0.25, -0.2) is 0 Å². The number of aromatic nitrogens is 1. The van der Waals surface area contributed by atoms with Crippen LogP contribution >= 0.6 is 0 Å². The molecule has 0 saturated heterocycles. The Hall–Kier alpha value is -2.15. The monoisotopic (exact) mass is 280 g/mol. The van der Waals surface area contributed by atoms with Gasteiger partial charge in [-0.05, 0) is 12.5 Å². The Bertz CT molecular complexity index is 580. The highest BCUT2D eigenvalue weighted by Crippen LogP contribution is 2.39. The second-order valence-corrected chi connectivity index (χ2v) is 4.72. The summed E-state index contributed by atoms with van der Waals surface area (Å²) in [5, 5.41) is 11.4. The number of aliphatic carboxylic acids is 1. The molecule has 0 radical (unpaired) electrons. The summed E-state index contributed by atoms with van der Waals surface area (Å²) in [6.07, 6.45) is 1.89. The Morgan fingerprint density at radius 1 is 1.45 bits per heavy atom. The van der Waals surface area contributed by atoms with Crippen LogP contribution in [0.25, 0.3) is 0 Å². The smallest absolute Gasteiger partial charge is 0.307 e. The summed E-state index contributed by atoms with van der Waals surface area (Å²) in [4.78, 5) is 34.1. The van der Waals surface area contributed by atoms with Crippen molar-refractivity contribution in [3.05, 3.63) is 28.7 Å². The van der Waals surface area contributed by atoms with E-state index in [9.17, 15) is 14.4 Å². The highest BCUT2D eigenvalue weighted by Gasteiger charge is 2.48. The van der Waals surface area contributed by atoms with Crippen LogP contribution in [0.4, 0.5) is 5.69 Å². The highest BCUT2D eigenvalue weighted by molar-refractivity contribution is 5.98. The average Bonchev–Trinajstić information content (AvgIpc) is 3.20. The molecule has 2 N–H and O–H groups in total. The van der Waals surface area contributed by atoms with Crippen molar-refractivity contribution in [1.29, 1.82) is 0 Å². The molecule has 0 aromatic carbocycles. The standard InChI is InChI=1S/C13H16N2O5/c1-20-5-4-15-7-8(2-3-11(15)16)14-12(17)9-6-10(9)13(18)19/h2-3,7,9-10H,4-6H2,1H3,(H,14,17)(H,18,19)/t9-,10+/m1/s1. The lowest BCUT2D eigenvalue weighted by Crippen LogP contribution is -2.23. The number of nitrogens with one attached hydrogen (secondary N) is 1. The van der Waals surface area contributed by atoms with Crippen LogP contribution < -0.4 is 10.9 Å². The molecule has 1 aromatic heterocycles. The van der Waals surface area contributed by atoms with Gasteiger partial charge < -0.3 is 19.7 Å². The summed E-state index contributed by atoms with van der Waals surface area (Å²) in [6.45, 7) is 0.779. The molecule has 108 valence electrons. The molecule has 0 spiro atoms. The van der Waals surface area contributed by atoms with Gasteiger partial charge in [0.15, 0.2) is 0 Å². The molecule has 1 saturated carbocycles. The predicted octanol–water partition coefficient (Wildman–Crippen LogP) is 0.154. The second-order valence-electron chi connectivity index (χ2n) is 4.72. The molecule has 2 rings (SSSR count). The summed E-state index contributed by atoms with van der Waals surface area (Å²) in [6, 6.07) is 2.86. The fourth-order valence-corrected chi connectivity index (χ4v) is 1.96. The van der Waals surface area contributed by atoms with Crippen LogP contribution in [0.2, 0.25) is 0 Å². The van der Waals surface area contributed by atoms with Gasteiger partial charge in [-0.3, -0.25) is 14.4 Å². The van der Waals surface area contributed by atoms with Crippen molar-refractivity contribution >= 4 is 17.6 Å². The zero-order valence-corrected chi connectivity index (χ0v) is 11.0. The minimum atomic E-state index is -0.949. The number of hydrogen-bond acceptors (Lipinski definition) is 4. The number of carbonyl (C=O) groups excluding carboxylic acids is 1. The fourth-order valence-electron chi connectivity index (χ4n) is 1.96. The van der Waals surface area contributed by atoms with E-state index in [4.69, 9.17) is 9.84 Å². The van der Waals surface area contributed by atoms with Crippen molar-refractivity contribution in [1.82, 2.24) is 4.57 Å². The lowest BCUT2D eigenvalue weighted by Gasteiger charge is -2.09. The van der Waals surface area contributed by atoms with E-state index in [1.54, 1.807) is 0 Å². The molecule has 1 aromatic rings. The van der Waals surface area contributed by atoms with E-state index >= 15 is 0 Å². The van der Waals surface area contributed by atoms with E-state index in [2.05, 4.69) is 5.32 Å². The van der Waals surface area contributed by atoms with Crippen LogP contribution in [0.1, 0.15) is 6.42 Å². The zero-order chi connectivity index (χ0) is 14.7. The first-order chi connectivity index (χ1) is 9.52. The number of carbonyl (C=O) groups is 2. The van der Waals surface area contributed by atoms with Gasteiger partial charge in [-0.1, -0.05) is 0 Å². The Morgan fingerprint density at radius 2 is 2.20 bits per heavy atom. The van der Waals surface area contributed by atoms with E-state index in [0.717, 1.165) is 0 Å². The molecule has 1 aliphatic rings. The van der Waals surface area contributed by atoms with E-state index in [1.807, 2.05) is 0 Å². The lowest BCUT2D eigenvalue weighted by molar-refractivity contribution is -0.139. The summed E-state index contributed by atoms with van der Waals surface area (Å²) in [5.41, 5.74) is 0.289. The Morgan fingerprint density at radius 3 is 2.80 bits per heavy atom. The quantitative estimate of drug-likeness (QED) is 0.773. The Kier molecular flexibility index (Phi) is 4.19. The van der Waals surface area contributed by atoms with Crippen LogP contribution in [0, 0.1) is 11.8 Å². The molecule has 0 unspecified atom stereocenters. The van der Waals surface area contributed by atoms with E-state index in [0.29, 0.717) is 25.3 Å². The fraction of sp³-hybridized carbons (Fsp3) is 0.462. The van der Waals surface area contributed by atoms with Crippen LogP contribution in [0.5, 0.6) is 0 Å². The maximum Gasteiger partial charge on any atom is 0.307 e. The number of anilines is 1. The molecule has 0 aliphatic heterocycles. The molecule has 7 nitrogen and oxygen atoms in total. The van der Waals surface area contributed by atoms with Crippen LogP contribution in [-0.4, -0.2) is 35.3 Å². The lowest BCUT2D eigenvalue weighted by atomic mass is 10.3. The van der Waals surface area contributed by atoms with Crippen molar-refractivity contribution < 1.29 is 19.4 Å². The number of rotatable bonds is 6. The van der Waals surface area contributed by atoms with Gasteiger partial charge in [0, 0.05) is 25.9 Å². The number of methoxy groups -OCH3 is 1. The molecule has 0 bridgehead atoms. The van der Waals surface area contributed by atoms with Gasteiger partial charge in [0.05, 0.1) is 24.1 Å². The molecule has 20 heavy (non-hydrogen) atoms. The highest BCUT2D eigenvalue weighted by atomic mass is 16.5. The summed E-state index contributed by atoms with van der Waals surface area (Å²) < 4.78 is 6.33. The van der Waals surface area contributed by atoms with Crippen molar-refractivity contribution in [2.75, 3.05) is 19.0 Å².